The Kier molecular flexibility index (Phi) is 6.85. The number of sulfonamides is 1. The van der Waals surface area contributed by atoms with E-state index in [1.165, 1.54) is 23.6 Å². The smallest absolute Gasteiger partial charge is 0.251 e. The van der Waals surface area contributed by atoms with Gasteiger partial charge in [-0.05, 0) is 67.3 Å². The Hall–Kier alpha value is -3.43. The van der Waals surface area contributed by atoms with Crippen molar-refractivity contribution >= 4 is 27.5 Å². The van der Waals surface area contributed by atoms with E-state index in [1.54, 1.807) is 55.5 Å². The molecule has 1 saturated carbocycles. The topological polar surface area (TPSA) is 109 Å². The first-order chi connectivity index (χ1) is 16.2. The van der Waals surface area contributed by atoms with E-state index in [9.17, 15) is 18.0 Å². The number of furan rings is 1. The summed E-state index contributed by atoms with van der Waals surface area (Å²) < 4.78 is 34.2. The summed E-state index contributed by atoms with van der Waals surface area (Å²) >= 11 is 0. The molecule has 1 aliphatic rings. The van der Waals surface area contributed by atoms with Crippen LogP contribution in [-0.2, 0) is 27.9 Å². The Morgan fingerprint density at radius 3 is 2.41 bits per heavy atom. The van der Waals surface area contributed by atoms with E-state index in [1.807, 2.05) is 0 Å². The van der Waals surface area contributed by atoms with Crippen LogP contribution in [0, 0.1) is 6.92 Å². The summed E-state index contributed by atoms with van der Waals surface area (Å²) in [6.45, 7) is 3.19. The number of benzene rings is 2. The summed E-state index contributed by atoms with van der Waals surface area (Å²) in [4.78, 5) is 23.8. The second-order valence-electron chi connectivity index (χ2n) is 8.46. The number of nitrogens with one attached hydrogen (secondary N) is 2. The van der Waals surface area contributed by atoms with E-state index in [0.717, 1.165) is 18.4 Å². The van der Waals surface area contributed by atoms with Crippen LogP contribution < -0.4 is 10.6 Å². The molecule has 0 radical (unpaired) electrons. The van der Waals surface area contributed by atoms with Crippen molar-refractivity contribution in [1.82, 2.24) is 9.62 Å². The fourth-order valence-corrected chi connectivity index (χ4v) is 5.21. The number of hydrogen-bond acceptors (Lipinski definition) is 5. The molecule has 0 aliphatic heterocycles. The molecule has 8 nitrogen and oxygen atoms in total. The molecule has 2 amide bonds. The Bertz CT molecular complexity index is 1280. The largest absolute Gasteiger partial charge is 0.468 e. The molecule has 0 spiro atoms. The summed E-state index contributed by atoms with van der Waals surface area (Å²) in [6.07, 6.45) is 3.51. The van der Waals surface area contributed by atoms with E-state index in [4.69, 9.17) is 4.42 Å². The number of hydrogen-bond donors (Lipinski definition) is 2. The number of rotatable bonds is 9. The van der Waals surface area contributed by atoms with Crippen LogP contribution in [0.25, 0.3) is 0 Å². The molecular weight excluding hydrogens is 454 g/mol. The normalized spacial score (nSPS) is 13.6. The zero-order valence-electron chi connectivity index (χ0n) is 19.1. The number of anilines is 1. The van der Waals surface area contributed by atoms with E-state index in [0.29, 0.717) is 22.6 Å². The third-order valence-corrected chi connectivity index (χ3v) is 7.46. The average Bonchev–Trinajstić information content (AvgIpc) is 3.45. The van der Waals surface area contributed by atoms with Gasteiger partial charge in [0.05, 0.1) is 17.7 Å². The molecule has 1 heterocycles. The van der Waals surface area contributed by atoms with Crippen LogP contribution >= 0.6 is 0 Å². The molecule has 1 aromatic heterocycles. The van der Waals surface area contributed by atoms with Crippen molar-refractivity contribution in [2.45, 2.75) is 50.7 Å². The average molecular weight is 482 g/mol. The molecule has 0 bridgehead atoms. The van der Waals surface area contributed by atoms with Crippen molar-refractivity contribution in [3.05, 3.63) is 83.3 Å². The van der Waals surface area contributed by atoms with Gasteiger partial charge < -0.3 is 15.1 Å². The molecule has 9 heteroatoms. The highest BCUT2D eigenvalue weighted by Crippen LogP contribution is 2.27. The molecule has 34 heavy (non-hydrogen) atoms. The molecule has 2 N–H and O–H groups in total. The lowest BCUT2D eigenvalue weighted by Crippen LogP contribution is -2.31. The lowest BCUT2D eigenvalue weighted by atomic mass is 10.1. The zero-order valence-corrected chi connectivity index (χ0v) is 19.9. The second-order valence-corrected chi connectivity index (χ2v) is 10.4. The van der Waals surface area contributed by atoms with E-state index >= 15 is 0 Å². The molecule has 1 aliphatic carbocycles. The zero-order chi connectivity index (χ0) is 24.3. The lowest BCUT2D eigenvalue weighted by molar-refractivity contribution is -0.114. The van der Waals surface area contributed by atoms with Crippen LogP contribution in [0.1, 0.15) is 47.0 Å². The van der Waals surface area contributed by atoms with Crippen LogP contribution in [0.15, 0.2) is 70.2 Å². The predicted octanol–water partition coefficient (Wildman–Crippen LogP) is 3.83. The number of carbonyl (C=O) groups is 2. The minimum atomic E-state index is -3.96. The first-order valence-corrected chi connectivity index (χ1v) is 12.5. The first-order valence-electron chi connectivity index (χ1n) is 11.0. The third kappa shape index (κ3) is 5.73. The third-order valence-electron chi connectivity index (χ3n) is 5.53. The van der Waals surface area contributed by atoms with Crippen molar-refractivity contribution in [1.29, 1.82) is 0 Å². The summed E-state index contributed by atoms with van der Waals surface area (Å²) in [6, 6.07) is 15.4. The van der Waals surface area contributed by atoms with Crippen LogP contribution in [0.5, 0.6) is 0 Å². The summed E-state index contributed by atoms with van der Waals surface area (Å²) in [5.74, 6) is 0.0876. The van der Waals surface area contributed by atoms with Crippen molar-refractivity contribution in [2.24, 2.45) is 0 Å². The summed E-state index contributed by atoms with van der Waals surface area (Å²) in [7, 11) is -3.96. The minimum absolute atomic E-state index is 0.0308. The van der Waals surface area contributed by atoms with Gasteiger partial charge in [-0.1, -0.05) is 18.2 Å². The Morgan fingerprint density at radius 1 is 1.06 bits per heavy atom. The molecule has 2 aromatic carbocycles. The fraction of sp³-hybridized carbons (Fsp3) is 0.280. The maximum atomic E-state index is 13.7. The van der Waals surface area contributed by atoms with Gasteiger partial charge in [-0.15, -0.1) is 0 Å². The van der Waals surface area contributed by atoms with Crippen molar-refractivity contribution in [2.75, 3.05) is 5.32 Å². The number of amides is 2. The van der Waals surface area contributed by atoms with Crippen LogP contribution in [0.4, 0.5) is 5.69 Å². The van der Waals surface area contributed by atoms with Crippen molar-refractivity contribution in [3.8, 4) is 0 Å². The van der Waals surface area contributed by atoms with Gasteiger partial charge >= 0.3 is 0 Å². The first kappa shape index (κ1) is 23.7. The highest BCUT2D eigenvalue weighted by Gasteiger charge is 2.28. The molecule has 0 unspecified atom stereocenters. The Morgan fingerprint density at radius 2 is 1.79 bits per heavy atom. The molecule has 0 atom stereocenters. The van der Waals surface area contributed by atoms with Gasteiger partial charge in [-0.25, -0.2) is 8.42 Å². The van der Waals surface area contributed by atoms with Crippen LogP contribution in [0.2, 0.25) is 0 Å². The highest BCUT2D eigenvalue weighted by molar-refractivity contribution is 7.89. The molecular formula is C25H27N3O5S. The van der Waals surface area contributed by atoms with E-state index in [2.05, 4.69) is 10.6 Å². The molecule has 4 rings (SSSR count). The molecule has 3 aromatic rings. The predicted molar refractivity (Wildman–Crippen MR) is 128 cm³/mol. The van der Waals surface area contributed by atoms with Gasteiger partial charge in [0.2, 0.25) is 15.9 Å². The number of carbonyl (C=O) groups excluding carboxylic acids is 2. The SMILES string of the molecule is CC(=O)Nc1ccc(C)c(S(=O)(=O)N(Cc2ccc(C(=O)NC3CC3)cc2)Cc2ccco2)c1. The Labute approximate surface area is 199 Å². The monoisotopic (exact) mass is 481 g/mol. The summed E-state index contributed by atoms with van der Waals surface area (Å²) in [5.41, 5.74) is 2.23. The van der Waals surface area contributed by atoms with E-state index < -0.39 is 10.0 Å². The quantitative estimate of drug-likeness (QED) is 0.483. The van der Waals surface area contributed by atoms with Gasteiger partial charge in [-0.2, -0.15) is 4.31 Å². The van der Waals surface area contributed by atoms with Crippen molar-refractivity contribution < 1.29 is 22.4 Å². The van der Waals surface area contributed by atoms with Gasteiger partial charge in [-0.3, -0.25) is 9.59 Å². The fourth-order valence-electron chi connectivity index (χ4n) is 3.56. The standard InChI is InChI=1S/C25H27N3O5S/c1-17-5-10-22(26-18(2)29)14-24(17)34(31,32)28(16-23-4-3-13-33-23)15-19-6-8-20(9-7-19)25(30)27-21-11-12-21/h3-10,13-14,21H,11-12,15-16H2,1-2H3,(H,26,29)(H,27,30). The molecule has 178 valence electrons. The van der Waals surface area contributed by atoms with Crippen LogP contribution in [0.3, 0.4) is 0 Å². The van der Waals surface area contributed by atoms with Gasteiger partial charge in [0.1, 0.15) is 5.76 Å². The van der Waals surface area contributed by atoms with Crippen molar-refractivity contribution in [3.63, 3.8) is 0 Å². The molecule has 0 saturated heterocycles. The van der Waals surface area contributed by atoms with Gasteiger partial charge in [0.25, 0.3) is 5.91 Å². The van der Waals surface area contributed by atoms with E-state index in [-0.39, 0.29) is 35.8 Å². The second kappa shape index (κ2) is 9.82. The number of nitrogens with zero attached hydrogens (tertiary/aromatic N) is 1. The highest BCUT2D eigenvalue weighted by atomic mass is 32.2. The Balaban J connectivity index is 1.62. The van der Waals surface area contributed by atoms with Gasteiger partial charge in [0.15, 0.2) is 0 Å². The summed E-state index contributed by atoms with van der Waals surface area (Å²) in [5, 5.41) is 5.58. The maximum absolute atomic E-state index is 13.7. The maximum Gasteiger partial charge on any atom is 0.251 e. The van der Waals surface area contributed by atoms with Crippen LogP contribution in [-0.4, -0.2) is 30.6 Å². The minimum Gasteiger partial charge on any atom is -0.468 e. The van der Waals surface area contributed by atoms with Gasteiger partial charge in [0, 0.05) is 30.8 Å². The number of aryl methyl sites for hydroxylation is 1. The lowest BCUT2D eigenvalue weighted by Gasteiger charge is -2.23. The molecule has 1 fully saturated rings.